The van der Waals surface area contributed by atoms with Gasteiger partial charge >= 0.3 is 5.97 Å². The quantitative estimate of drug-likeness (QED) is 0.618. The van der Waals surface area contributed by atoms with Crippen molar-refractivity contribution in [2.75, 3.05) is 0 Å². The molecule has 0 aromatic heterocycles. The van der Waals surface area contributed by atoms with Crippen molar-refractivity contribution in [2.45, 2.75) is 31.7 Å². The van der Waals surface area contributed by atoms with Crippen LogP contribution in [0.1, 0.15) is 25.7 Å². The lowest BCUT2D eigenvalue weighted by molar-refractivity contribution is -0.138. The van der Waals surface area contributed by atoms with E-state index >= 15 is 0 Å². The molecule has 14 heavy (non-hydrogen) atoms. The molecule has 5 N–H and O–H groups in total. The fourth-order valence-corrected chi connectivity index (χ4v) is 1.37. The molecule has 0 aromatic carbocycles. The Hall–Kier alpha value is -1.29. The molecule has 0 spiro atoms. The Kier molecular flexibility index (Phi) is 3.71. The summed E-state index contributed by atoms with van der Waals surface area (Å²) in [5, 5.41) is 8.58. The van der Waals surface area contributed by atoms with Crippen LogP contribution in [0.2, 0.25) is 0 Å². The zero-order valence-corrected chi connectivity index (χ0v) is 8.07. The van der Waals surface area contributed by atoms with Gasteiger partial charge in [0.2, 0.25) is 0 Å². The van der Waals surface area contributed by atoms with Gasteiger partial charge in [0, 0.05) is 5.70 Å². The van der Waals surface area contributed by atoms with Gasteiger partial charge in [0.15, 0.2) is 0 Å². The molecule has 4 nitrogen and oxygen atoms in total. The third-order valence-electron chi connectivity index (χ3n) is 2.36. The van der Waals surface area contributed by atoms with Crippen LogP contribution in [-0.2, 0) is 4.79 Å². The highest BCUT2D eigenvalue weighted by atomic mass is 16.4. The number of aliphatic carboxylic acids is 1. The summed E-state index contributed by atoms with van der Waals surface area (Å²) in [6.45, 7) is 0. The van der Waals surface area contributed by atoms with E-state index in [4.69, 9.17) is 16.6 Å². The number of nitrogens with two attached hydrogens (primary N) is 2. The van der Waals surface area contributed by atoms with Gasteiger partial charge < -0.3 is 16.6 Å². The number of hydrogen-bond donors (Lipinski definition) is 3. The average Bonchev–Trinajstić information content (AvgIpc) is 2.16. The van der Waals surface area contributed by atoms with Crippen molar-refractivity contribution >= 4 is 5.97 Å². The lowest BCUT2D eigenvalue weighted by Gasteiger charge is -2.13. The number of hydrogen-bond acceptors (Lipinski definition) is 3. The maximum atomic E-state index is 10.4. The smallest absolute Gasteiger partial charge is 0.320 e. The Morgan fingerprint density at radius 2 is 2.21 bits per heavy atom. The van der Waals surface area contributed by atoms with Crippen molar-refractivity contribution in [1.82, 2.24) is 0 Å². The first-order valence-corrected chi connectivity index (χ1v) is 4.72. The van der Waals surface area contributed by atoms with Crippen LogP contribution in [0.5, 0.6) is 0 Å². The molecule has 0 saturated heterocycles. The predicted octanol–water partition coefficient (Wildman–Crippen LogP) is 0.741. The third-order valence-corrected chi connectivity index (χ3v) is 2.36. The predicted molar refractivity (Wildman–Crippen MR) is 54.4 cm³/mol. The number of carboxylic acids is 1. The van der Waals surface area contributed by atoms with Gasteiger partial charge in [-0.25, -0.2) is 0 Å². The normalized spacial score (nSPS) is 18.4. The Balaban J connectivity index is 2.36. The molecule has 1 aliphatic carbocycles. The average molecular weight is 196 g/mol. The molecular weight excluding hydrogens is 180 g/mol. The van der Waals surface area contributed by atoms with Gasteiger partial charge in [-0.2, -0.15) is 0 Å². The molecule has 0 saturated carbocycles. The van der Waals surface area contributed by atoms with Crippen LogP contribution in [0, 0.1) is 0 Å². The van der Waals surface area contributed by atoms with Crippen molar-refractivity contribution in [1.29, 1.82) is 0 Å². The Morgan fingerprint density at radius 1 is 1.50 bits per heavy atom. The first-order chi connectivity index (χ1) is 6.59. The molecule has 0 aromatic rings. The third kappa shape index (κ3) is 3.22. The van der Waals surface area contributed by atoms with Crippen molar-refractivity contribution in [3.05, 3.63) is 23.4 Å². The van der Waals surface area contributed by atoms with Crippen molar-refractivity contribution < 1.29 is 9.90 Å². The lowest BCUT2D eigenvalue weighted by atomic mass is 9.97. The summed E-state index contributed by atoms with van der Waals surface area (Å²) in [7, 11) is 0. The van der Waals surface area contributed by atoms with Crippen LogP contribution in [0.25, 0.3) is 0 Å². The monoisotopic (exact) mass is 196 g/mol. The highest BCUT2D eigenvalue weighted by molar-refractivity contribution is 5.73. The molecule has 0 amide bonds. The van der Waals surface area contributed by atoms with E-state index in [1.807, 2.05) is 12.2 Å². The highest BCUT2D eigenvalue weighted by Crippen LogP contribution is 2.19. The van der Waals surface area contributed by atoms with Crippen molar-refractivity contribution in [3.63, 3.8) is 0 Å². The van der Waals surface area contributed by atoms with Gasteiger partial charge in [-0.3, -0.25) is 4.79 Å². The Labute approximate surface area is 83.3 Å². The minimum Gasteiger partial charge on any atom is -0.480 e. The molecule has 1 aliphatic rings. The van der Waals surface area contributed by atoms with E-state index in [1.165, 1.54) is 5.57 Å². The first-order valence-electron chi connectivity index (χ1n) is 4.72. The van der Waals surface area contributed by atoms with Gasteiger partial charge in [-0.05, 0) is 31.8 Å². The molecule has 1 atom stereocenters. The number of carboxylic acid groups (broad SMARTS) is 1. The van der Waals surface area contributed by atoms with Crippen molar-refractivity contribution in [2.24, 2.45) is 11.5 Å². The molecule has 0 radical (unpaired) electrons. The summed E-state index contributed by atoms with van der Waals surface area (Å²) in [5.74, 6) is -0.934. The molecule has 0 aliphatic heterocycles. The van der Waals surface area contributed by atoms with Gasteiger partial charge in [0.1, 0.15) is 6.04 Å². The summed E-state index contributed by atoms with van der Waals surface area (Å²) in [6.07, 6.45) is 6.88. The van der Waals surface area contributed by atoms with Crippen LogP contribution >= 0.6 is 0 Å². The zero-order chi connectivity index (χ0) is 10.6. The van der Waals surface area contributed by atoms with Gasteiger partial charge in [-0.1, -0.05) is 11.6 Å². The lowest BCUT2D eigenvalue weighted by Crippen LogP contribution is -2.29. The molecule has 78 valence electrons. The van der Waals surface area contributed by atoms with Gasteiger partial charge in [0.25, 0.3) is 0 Å². The summed E-state index contributed by atoms with van der Waals surface area (Å²) < 4.78 is 0. The van der Waals surface area contributed by atoms with E-state index in [-0.39, 0.29) is 0 Å². The van der Waals surface area contributed by atoms with Crippen LogP contribution in [0.3, 0.4) is 0 Å². The molecule has 4 heteroatoms. The molecule has 1 rings (SSSR count). The molecule has 0 bridgehead atoms. The van der Waals surface area contributed by atoms with Crippen molar-refractivity contribution in [3.8, 4) is 0 Å². The summed E-state index contributed by atoms with van der Waals surface area (Å²) in [4.78, 5) is 10.4. The minimum atomic E-state index is -0.934. The molecule has 1 unspecified atom stereocenters. The van der Waals surface area contributed by atoms with E-state index in [0.29, 0.717) is 6.42 Å². The standard InChI is InChI=1S/C10H16N2O2/c11-8-4-1-7(2-5-8)3-6-9(12)10(13)14/h1,4,9H,2-3,5-6,11-12H2,(H,13,14). The maximum Gasteiger partial charge on any atom is 0.320 e. The Morgan fingerprint density at radius 3 is 2.71 bits per heavy atom. The Bertz CT molecular complexity index is 282. The second kappa shape index (κ2) is 4.81. The summed E-state index contributed by atoms with van der Waals surface area (Å²) >= 11 is 0. The largest absolute Gasteiger partial charge is 0.480 e. The van der Waals surface area contributed by atoms with Crippen LogP contribution < -0.4 is 11.5 Å². The highest BCUT2D eigenvalue weighted by Gasteiger charge is 2.12. The van der Waals surface area contributed by atoms with E-state index in [0.717, 1.165) is 25.0 Å². The van der Waals surface area contributed by atoms with Crippen LogP contribution in [0.4, 0.5) is 0 Å². The first kappa shape index (κ1) is 10.8. The van der Waals surface area contributed by atoms with Crippen LogP contribution in [-0.4, -0.2) is 17.1 Å². The fraction of sp³-hybridized carbons (Fsp3) is 0.500. The summed E-state index contributed by atoms with van der Waals surface area (Å²) in [6, 6.07) is -0.751. The summed E-state index contributed by atoms with van der Waals surface area (Å²) in [5.41, 5.74) is 13.1. The van der Waals surface area contributed by atoms with Gasteiger partial charge in [0.05, 0.1) is 0 Å². The topological polar surface area (TPSA) is 89.3 Å². The molecule has 0 fully saturated rings. The number of carbonyl (C=O) groups is 1. The minimum absolute atomic E-state index is 0.495. The zero-order valence-electron chi connectivity index (χ0n) is 8.07. The molecule has 0 heterocycles. The van der Waals surface area contributed by atoms with E-state index < -0.39 is 12.0 Å². The van der Waals surface area contributed by atoms with Crippen LogP contribution in [0.15, 0.2) is 23.4 Å². The SMILES string of the molecule is NC1=CC=C(CCC(N)C(=O)O)CC1. The maximum absolute atomic E-state index is 10.4. The van der Waals surface area contributed by atoms with E-state index in [9.17, 15) is 4.79 Å². The molecular formula is C10H16N2O2. The van der Waals surface area contributed by atoms with E-state index in [1.54, 1.807) is 0 Å². The van der Waals surface area contributed by atoms with Gasteiger partial charge in [-0.15, -0.1) is 0 Å². The fourth-order valence-electron chi connectivity index (χ4n) is 1.37. The second-order valence-corrected chi connectivity index (χ2v) is 3.55. The van der Waals surface area contributed by atoms with E-state index in [2.05, 4.69) is 0 Å². The number of rotatable bonds is 4. The second-order valence-electron chi connectivity index (χ2n) is 3.55. The number of allylic oxidation sites excluding steroid dienone is 4.